The van der Waals surface area contributed by atoms with Gasteiger partial charge in [0.2, 0.25) is 0 Å². The molecule has 2 atom stereocenters. The number of rotatable bonds is 10. The highest BCUT2D eigenvalue weighted by Gasteiger charge is 2.38. The van der Waals surface area contributed by atoms with E-state index in [2.05, 4.69) is 31.1 Å². The molecular weight excluding hydrogens is 300 g/mol. The van der Waals surface area contributed by atoms with Gasteiger partial charge < -0.3 is 26.1 Å². The quantitative estimate of drug-likeness (QED) is 0.535. The second-order valence-corrected chi connectivity index (χ2v) is 7.76. The van der Waals surface area contributed by atoms with Gasteiger partial charge in [-0.2, -0.15) is 0 Å². The van der Waals surface area contributed by atoms with Gasteiger partial charge in [-0.1, -0.05) is 13.8 Å². The van der Waals surface area contributed by atoms with Crippen molar-refractivity contribution in [3.63, 3.8) is 0 Å². The molecule has 2 unspecified atom stereocenters. The van der Waals surface area contributed by atoms with Crippen LogP contribution in [0.1, 0.15) is 40.0 Å². The zero-order valence-electron chi connectivity index (χ0n) is 16.3. The molecule has 0 aromatic rings. The molecular formula is C19H38N4O. The summed E-state index contributed by atoms with van der Waals surface area (Å²) in [6, 6.07) is 0. The van der Waals surface area contributed by atoms with Crippen LogP contribution < -0.4 is 11.1 Å². The van der Waals surface area contributed by atoms with Gasteiger partial charge in [-0.25, -0.2) is 0 Å². The highest BCUT2D eigenvalue weighted by Crippen LogP contribution is 2.44. The fraction of sp³-hybridized carbons (Fsp3) is 0.842. The van der Waals surface area contributed by atoms with Crippen molar-refractivity contribution in [1.29, 1.82) is 5.41 Å². The van der Waals surface area contributed by atoms with Crippen molar-refractivity contribution in [2.75, 3.05) is 46.9 Å². The predicted molar refractivity (Wildman–Crippen MR) is 103 cm³/mol. The first-order valence-electron chi connectivity index (χ1n) is 9.26. The van der Waals surface area contributed by atoms with E-state index in [1.807, 2.05) is 14.0 Å². The van der Waals surface area contributed by atoms with E-state index in [0.29, 0.717) is 17.3 Å². The molecule has 0 aromatic heterocycles. The molecule has 140 valence electrons. The Morgan fingerprint density at radius 3 is 2.75 bits per heavy atom. The van der Waals surface area contributed by atoms with Crippen LogP contribution in [0.25, 0.3) is 0 Å². The molecule has 0 heterocycles. The Balaban J connectivity index is 2.67. The van der Waals surface area contributed by atoms with E-state index in [-0.39, 0.29) is 0 Å². The Bertz CT molecular complexity index is 420. The molecule has 0 amide bonds. The summed E-state index contributed by atoms with van der Waals surface area (Å²) in [6.45, 7) is 10.9. The number of nitrogens with zero attached hydrogens (tertiary/aromatic N) is 1. The van der Waals surface area contributed by atoms with Gasteiger partial charge in [0.25, 0.3) is 0 Å². The van der Waals surface area contributed by atoms with Gasteiger partial charge in [0.05, 0.1) is 0 Å². The summed E-state index contributed by atoms with van der Waals surface area (Å²) < 4.78 is 5.71. The summed E-state index contributed by atoms with van der Waals surface area (Å²) in [7, 11) is 4.04. The minimum atomic E-state index is 0.294. The van der Waals surface area contributed by atoms with Crippen LogP contribution in [0.2, 0.25) is 0 Å². The zero-order valence-corrected chi connectivity index (χ0v) is 16.3. The Morgan fingerprint density at radius 2 is 2.17 bits per heavy atom. The summed E-state index contributed by atoms with van der Waals surface area (Å²) in [4.78, 5) is 2.22. The fourth-order valence-electron chi connectivity index (χ4n) is 3.51. The standard InChI is InChI=1S/C19H38N4O/c1-6-24-14-17-11-15(7-8-19(17,2)3)18(21)16(12-20)13-23(5)10-9-22-4/h12,15,17,21-22H,6-11,13-14,20H2,1-5H3/b16-12-,21-18?. The lowest BCUT2D eigenvalue weighted by Crippen LogP contribution is -2.39. The summed E-state index contributed by atoms with van der Waals surface area (Å²) in [6.07, 6.45) is 4.89. The van der Waals surface area contributed by atoms with Crippen molar-refractivity contribution in [1.82, 2.24) is 10.2 Å². The SMILES string of the molecule is CCOCC1CC(C(=N)/C(=C\N)CN(C)CCNC)CCC1(C)C. The van der Waals surface area contributed by atoms with Crippen molar-refractivity contribution >= 4 is 5.71 Å². The molecule has 0 saturated heterocycles. The largest absolute Gasteiger partial charge is 0.404 e. The average molecular weight is 339 g/mol. The van der Waals surface area contributed by atoms with Crippen LogP contribution in [-0.4, -0.2) is 57.6 Å². The second kappa shape index (κ2) is 10.2. The molecule has 0 radical (unpaired) electrons. The average Bonchev–Trinajstić information content (AvgIpc) is 2.56. The third-order valence-corrected chi connectivity index (χ3v) is 5.47. The summed E-state index contributed by atoms with van der Waals surface area (Å²) >= 11 is 0. The maximum absolute atomic E-state index is 8.68. The highest BCUT2D eigenvalue weighted by atomic mass is 16.5. The maximum Gasteiger partial charge on any atom is 0.0499 e. The summed E-state index contributed by atoms with van der Waals surface area (Å²) in [5, 5.41) is 11.8. The molecule has 0 bridgehead atoms. The number of hydrogen-bond donors (Lipinski definition) is 3. The smallest absolute Gasteiger partial charge is 0.0499 e. The molecule has 0 spiro atoms. The van der Waals surface area contributed by atoms with Crippen LogP contribution in [0.15, 0.2) is 11.8 Å². The van der Waals surface area contributed by atoms with Crippen molar-refractivity contribution in [2.45, 2.75) is 40.0 Å². The Morgan fingerprint density at radius 1 is 1.46 bits per heavy atom. The van der Waals surface area contributed by atoms with Crippen molar-refractivity contribution in [3.05, 3.63) is 11.8 Å². The molecule has 5 nitrogen and oxygen atoms in total. The number of likely N-dealkylation sites (N-methyl/N-ethyl adjacent to an activating group) is 2. The lowest BCUT2D eigenvalue weighted by atomic mass is 9.64. The molecule has 24 heavy (non-hydrogen) atoms. The van der Waals surface area contributed by atoms with E-state index in [0.717, 1.165) is 63.4 Å². The van der Waals surface area contributed by atoms with E-state index in [9.17, 15) is 0 Å². The molecule has 1 aliphatic rings. The Hall–Kier alpha value is -0.910. The van der Waals surface area contributed by atoms with Crippen LogP contribution in [0.5, 0.6) is 0 Å². The fourth-order valence-corrected chi connectivity index (χ4v) is 3.51. The lowest BCUT2D eigenvalue weighted by molar-refractivity contribution is 0.0213. The topological polar surface area (TPSA) is 74.4 Å². The molecule has 0 aliphatic heterocycles. The Labute approximate surface area is 148 Å². The van der Waals surface area contributed by atoms with Crippen molar-refractivity contribution in [3.8, 4) is 0 Å². The lowest BCUT2D eigenvalue weighted by Gasteiger charge is -2.42. The molecule has 4 N–H and O–H groups in total. The van der Waals surface area contributed by atoms with Crippen LogP contribution in [0, 0.1) is 22.7 Å². The molecule has 0 aromatic carbocycles. The van der Waals surface area contributed by atoms with E-state index in [4.69, 9.17) is 15.9 Å². The predicted octanol–water partition coefficient (Wildman–Crippen LogP) is 2.48. The third-order valence-electron chi connectivity index (χ3n) is 5.47. The monoisotopic (exact) mass is 338 g/mol. The van der Waals surface area contributed by atoms with Gasteiger partial charge in [-0.3, -0.25) is 0 Å². The molecule has 1 aliphatic carbocycles. The molecule has 1 fully saturated rings. The molecule has 1 saturated carbocycles. The van der Waals surface area contributed by atoms with Crippen molar-refractivity contribution in [2.24, 2.45) is 23.0 Å². The van der Waals surface area contributed by atoms with E-state index in [1.165, 1.54) is 0 Å². The number of hydrogen-bond acceptors (Lipinski definition) is 5. The number of nitrogens with one attached hydrogen (secondary N) is 2. The maximum atomic E-state index is 8.68. The van der Waals surface area contributed by atoms with Crippen LogP contribution in [0.3, 0.4) is 0 Å². The zero-order chi connectivity index (χ0) is 18.2. The summed E-state index contributed by atoms with van der Waals surface area (Å²) in [5.74, 6) is 0.813. The number of nitrogens with two attached hydrogens (primary N) is 1. The first-order valence-corrected chi connectivity index (χ1v) is 9.26. The molecule has 1 rings (SSSR count). The van der Waals surface area contributed by atoms with E-state index in [1.54, 1.807) is 6.20 Å². The first kappa shape index (κ1) is 21.1. The van der Waals surface area contributed by atoms with Crippen LogP contribution in [0.4, 0.5) is 0 Å². The van der Waals surface area contributed by atoms with Gasteiger partial charge >= 0.3 is 0 Å². The van der Waals surface area contributed by atoms with Gasteiger partial charge in [-0.15, -0.1) is 0 Å². The van der Waals surface area contributed by atoms with Crippen molar-refractivity contribution < 1.29 is 4.74 Å². The van der Waals surface area contributed by atoms with E-state index < -0.39 is 0 Å². The van der Waals surface area contributed by atoms with E-state index >= 15 is 0 Å². The second-order valence-electron chi connectivity index (χ2n) is 7.76. The third kappa shape index (κ3) is 6.19. The highest BCUT2D eigenvalue weighted by molar-refractivity contribution is 5.99. The first-order chi connectivity index (χ1) is 11.4. The Kier molecular flexibility index (Phi) is 8.95. The number of ether oxygens (including phenoxy) is 1. The minimum absolute atomic E-state index is 0.294. The molecule has 5 heteroatoms. The van der Waals surface area contributed by atoms with Crippen LogP contribution >= 0.6 is 0 Å². The van der Waals surface area contributed by atoms with Gasteiger partial charge in [0.15, 0.2) is 0 Å². The van der Waals surface area contributed by atoms with Crippen LogP contribution in [-0.2, 0) is 4.74 Å². The minimum Gasteiger partial charge on any atom is -0.404 e. The van der Waals surface area contributed by atoms with Gasteiger partial charge in [0.1, 0.15) is 0 Å². The summed E-state index contributed by atoms with van der Waals surface area (Å²) in [5.41, 5.74) is 7.84. The normalized spacial score (nSPS) is 24.3. The van der Waals surface area contributed by atoms with Gasteiger partial charge in [0, 0.05) is 56.3 Å². The van der Waals surface area contributed by atoms with Gasteiger partial charge in [-0.05, 0) is 51.6 Å².